The zero-order valence-corrected chi connectivity index (χ0v) is 11.7. The quantitative estimate of drug-likeness (QED) is 0.776. The summed E-state index contributed by atoms with van der Waals surface area (Å²) in [5, 5.41) is 3.52. The molecule has 0 aliphatic carbocycles. The van der Waals surface area contributed by atoms with Gasteiger partial charge in [0.1, 0.15) is 0 Å². The van der Waals surface area contributed by atoms with Crippen LogP contribution in [0.4, 0.5) is 5.69 Å². The maximum absolute atomic E-state index is 3.52. The molecular weight excluding hydrogens is 208 g/mol. The number of para-hydroxylation sites is 1. The van der Waals surface area contributed by atoms with Crippen molar-refractivity contribution in [2.45, 2.75) is 40.2 Å². The second-order valence-corrected chi connectivity index (χ2v) is 4.63. The van der Waals surface area contributed by atoms with Gasteiger partial charge >= 0.3 is 0 Å². The van der Waals surface area contributed by atoms with Crippen molar-refractivity contribution >= 4 is 5.69 Å². The maximum Gasteiger partial charge on any atom is 0.0370 e. The Morgan fingerprint density at radius 1 is 1.24 bits per heavy atom. The summed E-state index contributed by atoms with van der Waals surface area (Å²) in [5.74, 6) is 0. The zero-order valence-electron chi connectivity index (χ0n) is 11.7. The largest absolute Gasteiger partial charge is 0.384 e. The fraction of sp³-hybridized carbons (Fsp3) is 0.600. The second kappa shape index (κ2) is 7.33. The van der Waals surface area contributed by atoms with Gasteiger partial charge in [0.2, 0.25) is 0 Å². The highest BCUT2D eigenvalue weighted by molar-refractivity contribution is 5.50. The van der Waals surface area contributed by atoms with Gasteiger partial charge in [-0.25, -0.2) is 0 Å². The minimum atomic E-state index is 0.679. The van der Waals surface area contributed by atoms with Crippen molar-refractivity contribution < 1.29 is 0 Å². The minimum Gasteiger partial charge on any atom is -0.384 e. The Bertz CT molecular complexity index is 322. The third-order valence-electron chi connectivity index (χ3n) is 3.48. The Morgan fingerprint density at radius 3 is 2.53 bits per heavy atom. The molecule has 0 bridgehead atoms. The molecule has 0 fully saturated rings. The number of likely N-dealkylation sites (N-methyl/N-ethyl adjacent to an activating group) is 1. The van der Waals surface area contributed by atoms with E-state index in [1.807, 2.05) is 0 Å². The van der Waals surface area contributed by atoms with E-state index < -0.39 is 0 Å². The number of anilines is 1. The lowest BCUT2D eigenvalue weighted by molar-refractivity contribution is 0.223. The van der Waals surface area contributed by atoms with Gasteiger partial charge in [0, 0.05) is 24.8 Å². The van der Waals surface area contributed by atoms with Crippen LogP contribution in [0.3, 0.4) is 0 Å². The van der Waals surface area contributed by atoms with Crippen molar-refractivity contribution in [2.75, 3.05) is 25.0 Å². The van der Waals surface area contributed by atoms with E-state index in [4.69, 9.17) is 0 Å². The standard InChI is InChI=1S/C15H26N2/c1-5-14(4)17(6-2)12-11-16-15-10-8-7-9-13(15)3/h7-10,14,16H,5-6,11-12H2,1-4H3. The molecule has 96 valence electrons. The number of rotatable bonds is 7. The van der Waals surface area contributed by atoms with Crippen LogP contribution in [-0.4, -0.2) is 30.6 Å². The predicted molar refractivity (Wildman–Crippen MR) is 76.7 cm³/mol. The molecule has 1 rings (SSSR count). The van der Waals surface area contributed by atoms with Gasteiger partial charge in [-0.05, 0) is 38.4 Å². The SMILES string of the molecule is CCC(C)N(CC)CCNc1ccccc1C. The fourth-order valence-corrected chi connectivity index (χ4v) is 2.05. The summed E-state index contributed by atoms with van der Waals surface area (Å²) >= 11 is 0. The van der Waals surface area contributed by atoms with Gasteiger partial charge in [0.15, 0.2) is 0 Å². The Hall–Kier alpha value is -1.02. The van der Waals surface area contributed by atoms with Gasteiger partial charge in [-0.3, -0.25) is 4.90 Å². The van der Waals surface area contributed by atoms with Crippen molar-refractivity contribution in [3.63, 3.8) is 0 Å². The molecule has 0 saturated heterocycles. The lowest BCUT2D eigenvalue weighted by Crippen LogP contribution is -2.36. The molecule has 2 nitrogen and oxygen atoms in total. The number of benzene rings is 1. The van der Waals surface area contributed by atoms with Gasteiger partial charge in [0.05, 0.1) is 0 Å². The van der Waals surface area contributed by atoms with Crippen molar-refractivity contribution in [3.8, 4) is 0 Å². The van der Waals surface area contributed by atoms with Crippen LogP contribution in [0.5, 0.6) is 0 Å². The number of nitrogens with one attached hydrogen (secondary N) is 1. The summed E-state index contributed by atoms with van der Waals surface area (Å²) < 4.78 is 0. The van der Waals surface area contributed by atoms with Crippen molar-refractivity contribution in [1.82, 2.24) is 4.90 Å². The molecule has 0 spiro atoms. The molecule has 2 heteroatoms. The Labute approximate surface area is 106 Å². The first-order valence-corrected chi connectivity index (χ1v) is 6.72. The summed E-state index contributed by atoms with van der Waals surface area (Å²) in [5.41, 5.74) is 2.58. The first-order valence-electron chi connectivity index (χ1n) is 6.72. The van der Waals surface area contributed by atoms with E-state index in [9.17, 15) is 0 Å². The zero-order chi connectivity index (χ0) is 12.7. The normalized spacial score (nSPS) is 12.8. The van der Waals surface area contributed by atoms with E-state index in [-0.39, 0.29) is 0 Å². The van der Waals surface area contributed by atoms with Crippen LogP contribution in [0, 0.1) is 6.92 Å². The van der Waals surface area contributed by atoms with E-state index in [1.54, 1.807) is 0 Å². The predicted octanol–water partition coefficient (Wildman–Crippen LogP) is 3.53. The van der Waals surface area contributed by atoms with Crippen molar-refractivity contribution in [1.29, 1.82) is 0 Å². The Morgan fingerprint density at radius 2 is 1.94 bits per heavy atom. The highest BCUT2D eigenvalue weighted by Crippen LogP contribution is 2.12. The first-order chi connectivity index (χ1) is 8.19. The van der Waals surface area contributed by atoms with Gasteiger partial charge in [-0.2, -0.15) is 0 Å². The Balaban J connectivity index is 2.39. The van der Waals surface area contributed by atoms with Crippen LogP contribution < -0.4 is 5.32 Å². The smallest absolute Gasteiger partial charge is 0.0370 e. The molecule has 0 heterocycles. The maximum atomic E-state index is 3.52. The summed E-state index contributed by atoms with van der Waals surface area (Å²) in [6, 6.07) is 9.14. The van der Waals surface area contributed by atoms with E-state index in [1.165, 1.54) is 17.7 Å². The highest BCUT2D eigenvalue weighted by Gasteiger charge is 2.08. The number of aryl methyl sites for hydroxylation is 1. The highest BCUT2D eigenvalue weighted by atomic mass is 15.2. The number of nitrogens with zero attached hydrogens (tertiary/aromatic N) is 1. The molecule has 0 aliphatic rings. The molecule has 1 atom stereocenters. The number of hydrogen-bond donors (Lipinski definition) is 1. The van der Waals surface area contributed by atoms with Gasteiger partial charge < -0.3 is 5.32 Å². The first kappa shape index (κ1) is 14.0. The van der Waals surface area contributed by atoms with Crippen LogP contribution in [-0.2, 0) is 0 Å². The van der Waals surface area contributed by atoms with Gasteiger partial charge in [0.25, 0.3) is 0 Å². The molecule has 0 amide bonds. The summed E-state index contributed by atoms with van der Waals surface area (Å²) in [4.78, 5) is 2.52. The average molecular weight is 234 g/mol. The van der Waals surface area contributed by atoms with E-state index >= 15 is 0 Å². The van der Waals surface area contributed by atoms with E-state index in [0.717, 1.165) is 19.6 Å². The van der Waals surface area contributed by atoms with Crippen LogP contribution >= 0.6 is 0 Å². The van der Waals surface area contributed by atoms with Crippen molar-refractivity contribution in [2.24, 2.45) is 0 Å². The van der Waals surface area contributed by atoms with Crippen molar-refractivity contribution in [3.05, 3.63) is 29.8 Å². The molecule has 17 heavy (non-hydrogen) atoms. The molecule has 0 aromatic heterocycles. The summed E-state index contributed by atoms with van der Waals surface area (Å²) in [7, 11) is 0. The average Bonchev–Trinajstić information content (AvgIpc) is 2.36. The lowest BCUT2D eigenvalue weighted by atomic mass is 10.2. The minimum absolute atomic E-state index is 0.679. The molecular formula is C15H26N2. The third kappa shape index (κ3) is 4.39. The topological polar surface area (TPSA) is 15.3 Å². The Kier molecular flexibility index (Phi) is 6.06. The monoisotopic (exact) mass is 234 g/mol. The van der Waals surface area contributed by atoms with E-state index in [0.29, 0.717) is 6.04 Å². The van der Waals surface area contributed by atoms with Crippen LogP contribution in [0.2, 0.25) is 0 Å². The molecule has 1 unspecified atom stereocenters. The molecule has 1 aromatic carbocycles. The van der Waals surface area contributed by atoms with Crippen LogP contribution in [0.25, 0.3) is 0 Å². The van der Waals surface area contributed by atoms with Gasteiger partial charge in [-0.1, -0.05) is 32.0 Å². The summed E-state index contributed by atoms with van der Waals surface area (Å²) in [6.45, 7) is 12.2. The molecule has 0 aliphatic heterocycles. The number of hydrogen-bond acceptors (Lipinski definition) is 2. The molecule has 1 aromatic rings. The second-order valence-electron chi connectivity index (χ2n) is 4.63. The van der Waals surface area contributed by atoms with Gasteiger partial charge in [-0.15, -0.1) is 0 Å². The van der Waals surface area contributed by atoms with E-state index in [2.05, 4.69) is 62.2 Å². The molecule has 0 saturated carbocycles. The van der Waals surface area contributed by atoms with Crippen LogP contribution in [0.1, 0.15) is 32.8 Å². The lowest BCUT2D eigenvalue weighted by Gasteiger charge is -2.27. The summed E-state index contributed by atoms with van der Waals surface area (Å²) in [6.07, 6.45) is 1.22. The molecule has 0 radical (unpaired) electrons. The fourth-order valence-electron chi connectivity index (χ4n) is 2.05. The third-order valence-corrected chi connectivity index (χ3v) is 3.48. The van der Waals surface area contributed by atoms with Crippen LogP contribution in [0.15, 0.2) is 24.3 Å². The molecule has 1 N–H and O–H groups in total.